The molecule has 0 atom stereocenters. The highest BCUT2D eigenvalue weighted by atomic mass is 16.6. The first-order valence-electron chi connectivity index (χ1n) is 10.9. The van der Waals surface area contributed by atoms with Gasteiger partial charge in [-0.1, -0.05) is 19.3 Å². The van der Waals surface area contributed by atoms with Crippen molar-refractivity contribution >= 4 is 22.8 Å². The van der Waals surface area contributed by atoms with E-state index in [4.69, 9.17) is 18.6 Å². The zero-order chi connectivity index (χ0) is 23.2. The number of nitrogens with one attached hydrogen (secondary N) is 1. The molecule has 8 nitrogen and oxygen atoms in total. The van der Waals surface area contributed by atoms with Gasteiger partial charge in [0.15, 0.2) is 6.61 Å². The van der Waals surface area contributed by atoms with Gasteiger partial charge in [0.1, 0.15) is 28.4 Å². The number of amides is 1. The monoisotopic (exact) mass is 451 g/mol. The number of fused-ring (bicyclic) bond motifs is 1. The number of methoxy groups -OCH3 is 1. The van der Waals surface area contributed by atoms with E-state index in [1.807, 2.05) is 0 Å². The summed E-state index contributed by atoms with van der Waals surface area (Å²) in [5.41, 5.74) is -0.552. The van der Waals surface area contributed by atoms with Gasteiger partial charge < -0.3 is 23.9 Å². The van der Waals surface area contributed by atoms with Gasteiger partial charge in [-0.3, -0.25) is 4.79 Å². The number of carbonyl (C=O) groups is 2. The average molecular weight is 451 g/mol. The maximum absolute atomic E-state index is 12.6. The lowest BCUT2D eigenvalue weighted by Crippen LogP contribution is -2.38. The van der Waals surface area contributed by atoms with Crippen LogP contribution in [-0.2, 0) is 4.79 Å². The van der Waals surface area contributed by atoms with Crippen molar-refractivity contribution in [1.82, 2.24) is 5.32 Å². The van der Waals surface area contributed by atoms with Gasteiger partial charge in [0.2, 0.25) is 0 Å². The number of rotatable bonds is 7. The summed E-state index contributed by atoms with van der Waals surface area (Å²) >= 11 is 0. The number of esters is 1. The quantitative estimate of drug-likeness (QED) is 0.331. The second-order valence-electron chi connectivity index (χ2n) is 7.89. The SMILES string of the molecule is COc1ccc(OCC(=O)Oc2ccc3cc(C(=O)NC4CCCCC4)c(=O)oc3c2)cc1. The fourth-order valence-electron chi connectivity index (χ4n) is 3.80. The number of hydrogen-bond donors (Lipinski definition) is 1. The van der Waals surface area contributed by atoms with Crippen LogP contribution < -0.4 is 25.2 Å². The second kappa shape index (κ2) is 10.2. The van der Waals surface area contributed by atoms with Gasteiger partial charge in [-0.05, 0) is 55.3 Å². The summed E-state index contributed by atoms with van der Waals surface area (Å²) in [5, 5.41) is 3.48. The van der Waals surface area contributed by atoms with Gasteiger partial charge >= 0.3 is 11.6 Å². The van der Waals surface area contributed by atoms with Crippen molar-refractivity contribution in [3.63, 3.8) is 0 Å². The van der Waals surface area contributed by atoms with E-state index >= 15 is 0 Å². The Balaban J connectivity index is 1.40. The van der Waals surface area contributed by atoms with E-state index in [2.05, 4.69) is 5.32 Å². The van der Waals surface area contributed by atoms with Crippen molar-refractivity contribution in [2.45, 2.75) is 38.1 Å². The molecule has 0 bridgehead atoms. The summed E-state index contributed by atoms with van der Waals surface area (Å²) in [6.07, 6.45) is 5.15. The summed E-state index contributed by atoms with van der Waals surface area (Å²) in [7, 11) is 1.56. The molecule has 2 aromatic carbocycles. The van der Waals surface area contributed by atoms with Gasteiger partial charge in [-0.2, -0.15) is 0 Å². The molecule has 1 saturated carbocycles. The van der Waals surface area contributed by atoms with E-state index in [1.165, 1.54) is 18.6 Å². The Morgan fingerprint density at radius 2 is 1.67 bits per heavy atom. The largest absolute Gasteiger partial charge is 0.497 e. The topological polar surface area (TPSA) is 104 Å². The second-order valence-corrected chi connectivity index (χ2v) is 7.89. The fraction of sp³-hybridized carbons (Fsp3) is 0.320. The van der Waals surface area contributed by atoms with E-state index < -0.39 is 17.5 Å². The van der Waals surface area contributed by atoms with E-state index in [0.29, 0.717) is 16.9 Å². The molecular formula is C25H25NO7. The first kappa shape index (κ1) is 22.4. The maximum atomic E-state index is 12.6. The van der Waals surface area contributed by atoms with Gasteiger partial charge in [0.25, 0.3) is 5.91 Å². The molecule has 1 fully saturated rings. The van der Waals surface area contributed by atoms with Gasteiger partial charge in [0, 0.05) is 17.5 Å². The molecule has 0 saturated heterocycles. The molecule has 1 aromatic heterocycles. The van der Waals surface area contributed by atoms with Crippen LogP contribution in [0.4, 0.5) is 0 Å². The highest BCUT2D eigenvalue weighted by Gasteiger charge is 2.20. The van der Waals surface area contributed by atoms with Crippen molar-refractivity contribution in [3.8, 4) is 17.2 Å². The van der Waals surface area contributed by atoms with Crippen molar-refractivity contribution in [2.24, 2.45) is 0 Å². The van der Waals surface area contributed by atoms with Crippen LogP contribution in [0.3, 0.4) is 0 Å². The highest BCUT2D eigenvalue weighted by molar-refractivity contribution is 5.97. The Bertz CT molecular complexity index is 1190. The molecule has 0 spiro atoms. The molecule has 0 aliphatic heterocycles. The molecule has 1 heterocycles. The van der Waals surface area contributed by atoms with Crippen molar-refractivity contribution in [2.75, 3.05) is 13.7 Å². The lowest BCUT2D eigenvalue weighted by atomic mass is 9.95. The molecule has 1 N–H and O–H groups in total. The molecule has 1 aliphatic carbocycles. The third-order valence-electron chi connectivity index (χ3n) is 5.54. The molecule has 1 aliphatic rings. The Hall–Kier alpha value is -3.81. The van der Waals surface area contributed by atoms with Crippen LogP contribution in [0.5, 0.6) is 17.2 Å². The summed E-state index contributed by atoms with van der Waals surface area (Å²) in [4.78, 5) is 37.1. The van der Waals surface area contributed by atoms with Crippen LogP contribution in [0.25, 0.3) is 11.0 Å². The van der Waals surface area contributed by atoms with Crippen molar-refractivity contribution < 1.29 is 28.2 Å². The minimum atomic E-state index is -0.734. The first-order valence-corrected chi connectivity index (χ1v) is 10.9. The molecule has 33 heavy (non-hydrogen) atoms. The predicted octanol–water partition coefficient (Wildman–Crippen LogP) is 3.85. The third kappa shape index (κ3) is 5.71. The number of hydrogen-bond acceptors (Lipinski definition) is 7. The Morgan fingerprint density at radius 3 is 2.39 bits per heavy atom. The van der Waals surface area contributed by atoms with Crippen molar-refractivity contribution in [1.29, 1.82) is 0 Å². The van der Waals surface area contributed by atoms with E-state index in [1.54, 1.807) is 43.5 Å². The van der Waals surface area contributed by atoms with E-state index in [0.717, 1.165) is 25.7 Å². The maximum Gasteiger partial charge on any atom is 0.349 e. The highest BCUT2D eigenvalue weighted by Crippen LogP contribution is 2.22. The van der Waals surface area contributed by atoms with E-state index in [9.17, 15) is 14.4 Å². The zero-order valence-corrected chi connectivity index (χ0v) is 18.3. The normalized spacial score (nSPS) is 14.0. The Morgan fingerprint density at radius 1 is 0.970 bits per heavy atom. The van der Waals surface area contributed by atoms with Gasteiger partial charge in [-0.15, -0.1) is 0 Å². The smallest absolute Gasteiger partial charge is 0.349 e. The summed E-state index contributed by atoms with van der Waals surface area (Å²) in [6.45, 7) is -0.297. The van der Waals surface area contributed by atoms with Gasteiger partial charge in [0.05, 0.1) is 7.11 Å². The zero-order valence-electron chi connectivity index (χ0n) is 18.3. The van der Waals surface area contributed by atoms with Crippen LogP contribution >= 0.6 is 0 Å². The predicted molar refractivity (Wildman–Crippen MR) is 121 cm³/mol. The van der Waals surface area contributed by atoms with E-state index in [-0.39, 0.29) is 29.5 Å². The Labute approximate surface area is 190 Å². The molecule has 1 amide bonds. The van der Waals surface area contributed by atoms with Crippen LogP contribution in [0.1, 0.15) is 42.5 Å². The Kier molecular flexibility index (Phi) is 6.92. The molecule has 0 radical (unpaired) electrons. The van der Waals surface area contributed by atoms with Crippen LogP contribution in [0.15, 0.2) is 57.7 Å². The minimum Gasteiger partial charge on any atom is -0.497 e. The summed E-state index contributed by atoms with van der Waals surface area (Å²) in [5.74, 6) is 0.335. The average Bonchev–Trinajstić information content (AvgIpc) is 2.83. The summed E-state index contributed by atoms with van der Waals surface area (Å²) in [6, 6.07) is 13.0. The molecule has 4 rings (SSSR count). The lowest BCUT2D eigenvalue weighted by molar-refractivity contribution is -0.136. The number of benzene rings is 2. The standard InChI is InChI=1S/C25H25NO7/c1-30-18-9-11-19(12-10-18)31-15-23(27)32-20-8-7-16-13-21(25(29)33-22(16)14-20)24(28)26-17-5-3-2-4-6-17/h7-14,17H,2-6,15H2,1H3,(H,26,28). The fourth-order valence-corrected chi connectivity index (χ4v) is 3.80. The van der Waals surface area contributed by atoms with Crippen molar-refractivity contribution in [3.05, 3.63) is 64.5 Å². The number of carbonyl (C=O) groups excluding carboxylic acids is 2. The minimum absolute atomic E-state index is 0.0364. The molecule has 3 aromatic rings. The molecule has 0 unspecified atom stereocenters. The number of ether oxygens (including phenoxy) is 3. The molecule has 8 heteroatoms. The van der Waals surface area contributed by atoms with Crippen LogP contribution in [-0.4, -0.2) is 31.6 Å². The molecular weight excluding hydrogens is 426 g/mol. The summed E-state index contributed by atoms with van der Waals surface area (Å²) < 4.78 is 21.1. The van der Waals surface area contributed by atoms with Gasteiger partial charge in [-0.25, -0.2) is 9.59 Å². The first-order chi connectivity index (χ1) is 16.0. The van der Waals surface area contributed by atoms with Crippen LogP contribution in [0.2, 0.25) is 0 Å². The third-order valence-corrected chi connectivity index (χ3v) is 5.54. The molecule has 172 valence electrons. The lowest BCUT2D eigenvalue weighted by Gasteiger charge is -2.22. The van der Waals surface area contributed by atoms with Crippen LogP contribution in [0, 0.1) is 0 Å².